The van der Waals surface area contributed by atoms with Gasteiger partial charge in [0.25, 0.3) is 0 Å². The van der Waals surface area contributed by atoms with E-state index in [1.165, 1.54) is 0 Å². The van der Waals surface area contributed by atoms with E-state index in [1.807, 2.05) is 13.8 Å². The molecule has 4 bridgehead atoms. The molecule has 3 aliphatic carbocycles. The molecule has 3 rings (SSSR count). The lowest BCUT2D eigenvalue weighted by atomic mass is 9.62. The van der Waals surface area contributed by atoms with Gasteiger partial charge in [0.15, 0.2) is 0 Å². The molecule has 7 atom stereocenters. The highest BCUT2D eigenvalue weighted by Gasteiger charge is 2.74. The van der Waals surface area contributed by atoms with E-state index in [0.717, 1.165) is 12.8 Å². The van der Waals surface area contributed by atoms with Crippen molar-refractivity contribution in [1.29, 1.82) is 0 Å². The number of hydrogen-bond donors (Lipinski definition) is 3. The second kappa shape index (κ2) is 3.31. The lowest BCUT2D eigenvalue weighted by Gasteiger charge is -2.47. The second-order valence-corrected chi connectivity index (χ2v) is 7.98. The largest absolute Gasteiger partial charge is 0.393 e. The quantitative estimate of drug-likeness (QED) is 0.614. The highest BCUT2D eigenvalue weighted by atomic mass is 16.3. The van der Waals surface area contributed by atoms with Crippen LogP contribution in [0, 0.1) is 28.1 Å². The summed E-state index contributed by atoms with van der Waals surface area (Å²) >= 11 is 0. The maximum atomic E-state index is 10.8. The van der Waals surface area contributed by atoms with Crippen LogP contribution in [0.25, 0.3) is 0 Å². The topological polar surface area (TPSA) is 60.7 Å². The normalized spacial score (nSPS) is 61.8. The van der Waals surface area contributed by atoms with Crippen LogP contribution in [0.5, 0.6) is 0 Å². The van der Waals surface area contributed by atoms with Gasteiger partial charge in [0, 0.05) is 5.41 Å². The molecular weight excluding hydrogens is 228 g/mol. The molecule has 3 heteroatoms. The molecule has 104 valence electrons. The summed E-state index contributed by atoms with van der Waals surface area (Å²) in [5, 5.41) is 31.6. The van der Waals surface area contributed by atoms with Crippen LogP contribution in [0.4, 0.5) is 0 Å². The summed E-state index contributed by atoms with van der Waals surface area (Å²) in [6.45, 7) is 8.45. The third kappa shape index (κ3) is 1.13. The molecule has 0 aromatic carbocycles. The molecule has 0 spiro atoms. The van der Waals surface area contributed by atoms with Crippen molar-refractivity contribution in [3.63, 3.8) is 0 Å². The van der Waals surface area contributed by atoms with Crippen LogP contribution in [0.3, 0.4) is 0 Å². The summed E-state index contributed by atoms with van der Waals surface area (Å²) in [5.41, 5.74) is -0.550. The summed E-state index contributed by atoms with van der Waals surface area (Å²) in [5.74, 6) is 0.137. The van der Waals surface area contributed by atoms with Crippen molar-refractivity contribution >= 4 is 0 Å². The Morgan fingerprint density at radius 1 is 0.889 bits per heavy atom. The average molecular weight is 254 g/mol. The third-order valence-electron chi connectivity index (χ3n) is 7.12. The number of aliphatic hydroxyl groups excluding tert-OH is 3. The molecule has 3 N–H and O–H groups in total. The molecule has 3 saturated carbocycles. The first kappa shape index (κ1) is 12.9. The molecule has 6 unspecified atom stereocenters. The van der Waals surface area contributed by atoms with Crippen molar-refractivity contribution in [1.82, 2.24) is 0 Å². The lowest BCUT2D eigenvalue weighted by Crippen LogP contribution is -2.50. The van der Waals surface area contributed by atoms with Crippen molar-refractivity contribution in [3.8, 4) is 0 Å². The predicted molar refractivity (Wildman–Crippen MR) is 68.8 cm³/mol. The molecule has 3 nitrogen and oxygen atoms in total. The minimum absolute atomic E-state index is 0.00810. The van der Waals surface area contributed by atoms with E-state index in [1.54, 1.807) is 0 Å². The third-order valence-corrected chi connectivity index (χ3v) is 7.12. The van der Waals surface area contributed by atoms with Crippen molar-refractivity contribution in [2.45, 2.75) is 65.3 Å². The van der Waals surface area contributed by atoms with Gasteiger partial charge in [-0.2, -0.15) is 0 Å². The predicted octanol–water partition coefficient (Wildman–Crippen LogP) is 1.55. The monoisotopic (exact) mass is 254 g/mol. The Hall–Kier alpha value is -0.120. The molecule has 0 aromatic rings. The summed E-state index contributed by atoms with van der Waals surface area (Å²) in [4.78, 5) is 0. The molecule has 18 heavy (non-hydrogen) atoms. The van der Waals surface area contributed by atoms with Gasteiger partial charge in [-0.15, -0.1) is 0 Å². The van der Waals surface area contributed by atoms with Gasteiger partial charge in [0.1, 0.15) is 0 Å². The molecule has 0 radical (unpaired) electrons. The zero-order valence-corrected chi connectivity index (χ0v) is 11.8. The Bertz CT molecular complexity index is 380. The van der Waals surface area contributed by atoms with Crippen LogP contribution in [0.2, 0.25) is 0 Å². The summed E-state index contributed by atoms with van der Waals surface area (Å²) in [7, 11) is 0. The van der Waals surface area contributed by atoms with Gasteiger partial charge in [-0.25, -0.2) is 0 Å². The Labute approximate surface area is 109 Å². The molecule has 0 aliphatic heterocycles. The van der Waals surface area contributed by atoms with E-state index in [9.17, 15) is 15.3 Å². The first-order chi connectivity index (χ1) is 8.16. The van der Waals surface area contributed by atoms with Crippen molar-refractivity contribution in [2.24, 2.45) is 28.1 Å². The summed E-state index contributed by atoms with van der Waals surface area (Å²) in [6.07, 6.45) is 1.29. The van der Waals surface area contributed by atoms with Gasteiger partial charge in [-0.3, -0.25) is 0 Å². The minimum atomic E-state index is -0.402. The Balaban J connectivity index is 2.16. The van der Waals surface area contributed by atoms with Crippen LogP contribution in [0.1, 0.15) is 47.0 Å². The Morgan fingerprint density at radius 3 is 2.11 bits per heavy atom. The van der Waals surface area contributed by atoms with Gasteiger partial charge < -0.3 is 15.3 Å². The molecule has 0 amide bonds. The number of hydrogen-bond acceptors (Lipinski definition) is 3. The van der Waals surface area contributed by atoms with Crippen LogP contribution < -0.4 is 0 Å². The van der Waals surface area contributed by atoms with E-state index < -0.39 is 6.10 Å². The lowest BCUT2D eigenvalue weighted by molar-refractivity contribution is -0.118. The van der Waals surface area contributed by atoms with E-state index in [4.69, 9.17) is 0 Å². The van der Waals surface area contributed by atoms with Gasteiger partial charge >= 0.3 is 0 Å². The van der Waals surface area contributed by atoms with Crippen LogP contribution in [-0.4, -0.2) is 33.6 Å². The number of rotatable bonds is 0. The Kier molecular flexibility index (Phi) is 2.37. The SMILES string of the molecule is CC1(C)C2C(O)C3(C)CC(O)C2C3(C)CC[C@H]1O. The Morgan fingerprint density at radius 2 is 1.50 bits per heavy atom. The van der Waals surface area contributed by atoms with Crippen molar-refractivity contribution < 1.29 is 15.3 Å². The first-order valence-corrected chi connectivity index (χ1v) is 7.20. The summed E-state index contributed by atoms with van der Waals surface area (Å²) < 4.78 is 0. The van der Waals surface area contributed by atoms with Gasteiger partial charge in [0.2, 0.25) is 0 Å². The van der Waals surface area contributed by atoms with Crippen LogP contribution in [0.15, 0.2) is 0 Å². The molecule has 3 aliphatic rings. The van der Waals surface area contributed by atoms with Gasteiger partial charge in [-0.05, 0) is 41.9 Å². The first-order valence-electron chi connectivity index (χ1n) is 7.20. The second-order valence-electron chi connectivity index (χ2n) is 7.98. The van der Waals surface area contributed by atoms with E-state index >= 15 is 0 Å². The molecule has 0 saturated heterocycles. The van der Waals surface area contributed by atoms with Gasteiger partial charge in [0.05, 0.1) is 18.3 Å². The molecule has 0 aromatic heterocycles. The van der Waals surface area contributed by atoms with Gasteiger partial charge in [-0.1, -0.05) is 27.7 Å². The standard InChI is InChI=1S/C15H26O3/c1-13(2)9(17)5-6-14(3)10-8(16)7-15(14,4)12(18)11(10)13/h8-12,16-18H,5-7H2,1-4H3/t8?,9-,10?,11?,12?,14?,15?/m1/s1. The van der Waals surface area contributed by atoms with Crippen molar-refractivity contribution in [2.75, 3.05) is 0 Å². The van der Waals surface area contributed by atoms with Crippen LogP contribution >= 0.6 is 0 Å². The van der Waals surface area contributed by atoms with E-state index in [-0.39, 0.29) is 40.3 Å². The zero-order valence-electron chi connectivity index (χ0n) is 11.8. The van der Waals surface area contributed by atoms with Crippen LogP contribution in [-0.2, 0) is 0 Å². The molecule has 3 fully saturated rings. The minimum Gasteiger partial charge on any atom is -0.393 e. The fourth-order valence-electron chi connectivity index (χ4n) is 5.64. The molecule has 0 heterocycles. The fraction of sp³-hybridized carbons (Fsp3) is 1.00. The maximum Gasteiger partial charge on any atom is 0.0638 e. The highest BCUT2D eigenvalue weighted by molar-refractivity contribution is 5.23. The zero-order chi connectivity index (χ0) is 13.5. The molecular formula is C15H26O3. The number of aliphatic hydroxyl groups is 3. The van der Waals surface area contributed by atoms with Crippen molar-refractivity contribution in [3.05, 3.63) is 0 Å². The van der Waals surface area contributed by atoms with E-state index in [0.29, 0.717) is 6.42 Å². The highest BCUT2D eigenvalue weighted by Crippen LogP contribution is 2.73. The smallest absolute Gasteiger partial charge is 0.0638 e. The fourth-order valence-corrected chi connectivity index (χ4v) is 5.64. The van der Waals surface area contributed by atoms with E-state index in [2.05, 4.69) is 13.8 Å². The maximum absolute atomic E-state index is 10.8. The summed E-state index contributed by atoms with van der Waals surface area (Å²) in [6, 6.07) is 0. The average Bonchev–Trinajstić information content (AvgIpc) is 2.52.